The lowest BCUT2D eigenvalue weighted by Gasteiger charge is -2.12. The molecular formula is C15H17ClN4O3. The average Bonchev–Trinajstić information content (AvgIpc) is 2.55. The third-order valence-electron chi connectivity index (χ3n) is 2.75. The summed E-state index contributed by atoms with van der Waals surface area (Å²) in [5.74, 6) is 0.477. The first kappa shape index (κ1) is 17.0. The number of hydrogen-bond donors (Lipinski definition) is 1. The second-order valence-corrected chi connectivity index (χ2v) is 5.44. The van der Waals surface area contributed by atoms with E-state index in [1.807, 2.05) is 13.8 Å². The Hall–Kier alpha value is -2.41. The molecule has 122 valence electrons. The van der Waals surface area contributed by atoms with Crippen LogP contribution in [-0.2, 0) is 0 Å². The molecule has 0 aromatic carbocycles. The molecule has 0 radical (unpaired) electrons. The van der Waals surface area contributed by atoms with Crippen molar-refractivity contribution in [2.24, 2.45) is 5.92 Å². The van der Waals surface area contributed by atoms with Gasteiger partial charge in [-0.2, -0.15) is 0 Å². The fraction of sp³-hybridized carbons (Fsp3) is 0.333. The second-order valence-electron chi connectivity index (χ2n) is 5.06. The summed E-state index contributed by atoms with van der Waals surface area (Å²) in [4.78, 5) is 24.3. The Morgan fingerprint density at radius 3 is 2.78 bits per heavy atom. The van der Waals surface area contributed by atoms with Crippen LogP contribution in [0, 0.1) is 5.92 Å². The number of halogens is 1. The molecule has 1 amide bonds. The number of pyridine rings is 1. The predicted molar refractivity (Wildman–Crippen MR) is 86.1 cm³/mol. The topological polar surface area (TPSA) is 86.2 Å². The summed E-state index contributed by atoms with van der Waals surface area (Å²) in [5, 5.41) is 2.73. The van der Waals surface area contributed by atoms with E-state index < -0.39 is 5.91 Å². The molecule has 0 atom stereocenters. The van der Waals surface area contributed by atoms with E-state index in [4.69, 9.17) is 21.1 Å². The summed E-state index contributed by atoms with van der Waals surface area (Å²) in [6, 6.07) is 3.27. The zero-order valence-corrected chi connectivity index (χ0v) is 13.8. The normalized spacial score (nSPS) is 10.5. The van der Waals surface area contributed by atoms with Crippen molar-refractivity contribution in [2.45, 2.75) is 13.8 Å². The Morgan fingerprint density at radius 2 is 2.09 bits per heavy atom. The van der Waals surface area contributed by atoms with Crippen LogP contribution in [0.3, 0.4) is 0 Å². The highest BCUT2D eigenvalue weighted by Gasteiger charge is 2.17. The minimum atomic E-state index is -0.431. The van der Waals surface area contributed by atoms with Crippen LogP contribution in [0.5, 0.6) is 11.8 Å². The number of ether oxygens (including phenoxy) is 2. The van der Waals surface area contributed by atoms with Crippen molar-refractivity contribution in [1.82, 2.24) is 15.0 Å². The van der Waals surface area contributed by atoms with Crippen LogP contribution in [-0.4, -0.2) is 34.6 Å². The van der Waals surface area contributed by atoms with Crippen molar-refractivity contribution in [3.63, 3.8) is 0 Å². The molecule has 23 heavy (non-hydrogen) atoms. The summed E-state index contributed by atoms with van der Waals surface area (Å²) in [7, 11) is 1.43. The molecule has 0 unspecified atom stereocenters. The first-order valence-electron chi connectivity index (χ1n) is 6.96. The Balaban J connectivity index is 2.21. The number of rotatable bonds is 6. The van der Waals surface area contributed by atoms with Crippen LogP contribution in [0.2, 0.25) is 5.02 Å². The molecular weight excluding hydrogens is 320 g/mol. The molecule has 7 nitrogen and oxygen atoms in total. The third kappa shape index (κ3) is 4.29. The van der Waals surface area contributed by atoms with E-state index in [-0.39, 0.29) is 22.6 Å². The lowest BCUT2D eigenvalue weighted by Crippen LogP contribution is -2.17. The molecule has 0 aliphatic rings. The van der Waals surface area contributed by atoms with E-state index in [1.54, 1.807) is 18.3 Å². The molecule has 2 heterocycles. The Labute approximate surface area is 139 Å². The van der Waals surface area contributed by atoms with E-state index in [0.29, 0.717) is 18.1 Å². The Morgan fingerprint density at radius 1 is 1.30 bits per heavy atom. The van der Waals surface area contributed by atoms with Crippen molar-refractivity contribution < 1.29 is 14.3 Å². The SMILES string of the molecule is COc1ncnc(NC(=O)c2cccnc2OCC(C)C)c1Cl. The highest BCUT2D eigenvalue weighted by Crippen LogP contribution is 2.28. The van der Waals surface area contributed by atoms with E-state index >= 15 is 0 Å². The number of carbonyl (C=O) groups excluding carboxylic acids is 1. The molecule has 0 aliphatic carbocycles. The fourth-order valence-corrected chi connectivity index (χ4v) is 1.90. The molecule has 2 aromatic heterocycles. The summed E-state index contributed by atoms with van der Waals surface area (Å²) in [6.07, 6.45) is 2.81. The van der Waals surface area contributed by atoms with Crippen LogP contribution in [0.4, 0.5) is 5.82 Å². The van der Waals surface area contributed by atoms with Crippen LogP contribution in [0.15, 0.2) is 24.7 Å². The molecule has 0 saturated carbocycles. The van der Waals surface area contributed by atoms with Crippen molar-refractivity contribution in [2.75, 3.05) is 19.0 Å². The molecule has 0 saturated heterocycles. The monoisotopic (exact) mass is 336 g/mol. The molecule has 1 N–H and O–H groups in total. The smallest absolute Gasteiger partial charge is 0.262 e. The van der Waals surface area contributed by atoms with Gasteiger partial charge in [-0.05, 0) is 18.1 Å². The van der Waals surface area contributed by atoms with Crippen LogP contribution in [0.25, 0.3) is 0 Å². The summed E-state index contributed by atoms with van der Waals surface area (Å²) < 4.78 is 10.6. The van der Waals surface area contributed by atoms with Crippen LogP contribution < -0.4 is 14.8 Å². The maximum Gasteiger partial charge on any atom is 0.262 e. The zero-order valence-electron chi connectivity index (χ0n) is 13.0. The Bertz CT molecular complexity index is 694. The van der Waals surface area contributed by atoms with Gasteiger partial charge in [-0.3, -0.25) is 4.79 Å². The summed E-state index contributed by atoms with van der Waals surface area (Å²) in [5.41, 5.74) is 0.293. The molecule has 0 aliphatic heterocycles. The van der Waals surface area contributed by atoms with Gasteiger partial charge in [0.2, 0.25) is 11.8 Å². The lowest BCUT2D eigenvalue weighted by molar-refractivity contribution is 0.102. The summed E-state index contributed by atoms with van der Waals surface area (Å²) >= 11 is 6.07. The molecule has 0 fully saturated rings. The predicted octanol–water partition coefficient (Wildman–Crippen LogP) is 2.82. The highest BCUT2D eigenvalue weighted by molar-refractivity contribution is 6.34. The number of methoxy groups -OCH3 is 1. The number of aromatic nitrogens is 3. The van der Waals surface area contributed by atoms with Gasteiger partial charge in [-0.1, -0.05) is 25.4 Å². The summed E-state index contributed by atoms with van der Waals surface area (Å²) in [6.45, 7) is 4.48. The zero-order chi connectivity index (χ0) is 16.8. The van der Waals surface area contributed by atoms with Gasteiger partial charge in [0.05, 0.1) is 13.7 Å². The number of hydrogen-bond acceptors (Lipinski definition) is 6. The van der Waals surface area contributed by atoms with Gasteiger partial charge in [0, 0.05) is 6.20 Å². The van der Waals surface area contributed by atoms with Crippen LogP contribution in [0.1, 0.15) is 24.2 Å². The van der Waals surface area contributed by atoms with Crippen molar-refractivity contribution >= 4 is 23.3 Å². The maximum absolute atomic E-state index is 12.4. The van der Waals surface area contributed by atoms with Gasteiger partial charge in [-0.15, -0.1) is 0 Å². The van der Waals surface area contributed by atoms with Crippen molar-refractivity contribution in [1.29, 1.82) is 0 Å². The molecule has 0 spiro atoms. The molecule has 8 heteroatoms. The molecule has 2 rings (SSSR count). The maximum atomic E-state index is 12.4. The van der Waals surface area contributed by atoms with Gasteiger partial charge in [0.25, 0.3) is 5.91 Å². The number of anilines is 1. The molecule has 0 bridgehead atoms. The quantitative estimate of drug-likeness (QED) is 0.873. The van der Waals surface area contributed by atoms with E-state index in [0.717, 1.165) is 0 Å². The van der Waals surface area contributed by atoms with Crippen molar-refractivity contribution in [3.05, 3.63) is 35.2 Å². The minimum absolute atomic E-state index is 0.122. The Kier molecular flexibility index (Phi) is 5.70. The third-order valence-corrected chi connectivity index (χ3v) is 3.09. The van der Waals surface area contributed by atoms with Gasteiger partial charge < -0.3 is 14.8 Å². The molecule has 2 aromatic rings. The largest absolute Gasteiger partial charge is 0.480 e. The first-order valence-corrected chi connectivity index (χ1v) is 7.34. The number of nitrogens with zero attached hydrogens (tertiary/aromatic N) is 3. The average molecular weight is 337 g/mol. The number of amides is 1. The van der Waals surface area contributed by atoms with E-state index in [1.165, 1.54) is 13.4 Å². The van der Waals surface area contributed by atoms with E-state index in [9.17, 15) is 4.79 Å². The van der Waals surface area contributed by atoms with Gasteiger partial charge in [0.15, 0.2) is 5.82 Å². The first-order chi connectivity index (χ1) is 11.0. The minimum Gasteiger partial charge on any atom is -0.480 e. The fourth-order valence-electron chi connectivity index (χ4n) is 1.68. The standard InChI is InChI=1S/C15H17ClN4O3/c1-9(2)7-23-14-10(5-4-6-17-14)13(21)20-12-11(16)15(22-3)19-8-18-12/h4-6,8-9H,7H2,1-3H3,(H,18,19,20,21). The van der Waals surface area contributed by atoms with Gasteiger partial charge >= 0.3 is 0 Å². The van der Waals surface area contributed by atoms with Gasteiger partial charge in [0.1, 0.15) is 16.9 Å². The highest BCUT2D eigenvalue weighted by atomic mass is 35.5. The van der Waals surface area contributed by atoms with Crippen molar-refractivity contribution in [3.8, 4) is 11.8 Å². The van der Waals surface area contributed by atoms with Crippen LogP contribution >= 0.6 is 11.6 Å². The van der Waals surface area contributed by atoms with E-state index in [2.05, 4.69) is 20.3 Å². The lowest BCUT2D eigenvalue weighted by atomic mass is 10.2. The second kappa shape index (κ2) is 7.73. The van der Waals surface area contributed by atoms with Gasteiger partial charge in [-0.25, -0.2) is 15.0 Å². The number of nitrogens with one attached hydrogen (secondary N) is 1. The number of carbonyl (C=O) groups is 1.